The Morgan fingerprint density at radius 3 is 1.09 bits per heavy atom. The fourth-order valence-electron chi connectivity index (χ4n) is 3.88. The Balaban J connectivity index is 0.000000250. The van der Waals surface area contributed by atoms with Crippen molar-refractivity contribution < 1.29 is 28.9 Å². The Labute approximate surface area is 266 Å². The van der Waals surface area contributed by atoms with Gasteiger partial charge in [0.25, 0.3) is 11.4 Å². The fourth-order valence-corrected chi connectivity index (χ4v) is 3.88. The Bertz CT molecular complexity index is 1450. The van der Waals surface area contributed by atoms with Crippen molar-refractivity contribution in [2.75, 3.05) is 10.6 Å². The quantitative estimate of drug-likeness (QED) is 0.103. The molecule has 4 aromatic rings. The molecule has 0 unspecified atom stereocenters. The van der Waals surface area contributed by atoms with E-state index in [9.17, 15) is 29.8 Å². The fraction of sp³-hybridized carbons (Fsp3) is 0.235. The van der Waals surface area contributed by atoms with Crippen LogP contribution in [-0.2, 0) is 9.59 Å². The molecule has 0 spiro atoms. The number of non-ortho nitro benzene ring substituents is 2. The highest BCUT2D eigenvalue weighted by Crippen LogP contribution is 2.26. The molecule has 2 amide bonds. The van der Waals surface area contributed by atoms with Crippen LogP contribution in [0.2, 0.25) is 0 Å². The smallest absolute Gasteiger partial charge is 0.269 e. The standard InChI is InChI=1S/2C17H18N2O4/c2*1-2-3-4-17(20)18-13-5-9-15(10-6-13)23-16-11-7-14(8-12-16)19(21)22/h2*5-12H,2-4H2,1H3,(H,18,20). The van der Waals surface area contributed by atoms with Crippen molar-refractivity contribution >= 4 is 34.6 Å². The molecule has 4 aromatic carbocycles. The lowest BCUT2D eigenvalue weighted by molar-refractivity contribution is -0.385. The summed E-state index contributed by atoms with van der Waals surface area (Å²) >= 11 is 0. The second-order valence-electron chi connectivity index (χ2n) is 10.1. The number of hydrogen-bond acceptors (Lipinski definition) is 8. The maximum Gasteiger partial charge on any atom is 0.269 e. The molecule has 0 atom stereocenters. The topological polar surface area (TPSA) is 163 Å². The molecule has 0 aliphatic rings. The highest BCUT2D eigenvalue weighted by atomic mass is 16.6. The summed E-state index contributed by atoms with van der Waals surface area (Å²) in [6, 6.07) is 25.7. The summed E-state index contributed by atoms with van der Waals surface area (Å²) in [5.74, 6) is 2.19. The summed E-state index contributed by atoms with van der Waals surface area (Å²) in [4.78, 5) is 43.5. The average Bonchev–Trinajstić information content (AvgIpc) is 3.05. The first kappa shape index (κ1) is 34.7. The van der Waals surface area contributed by atoms with E-state index in [-0.39, 0.29) is 23.2 Å². The van der Waals surface area contributed by atoms with E-state index in [0.29, 0.717) is 47.2 Å². The molecule has 0 aromatic heterocycles. The number of nitrogens with one attached hydrogen (secondary N) is 2. The van der Waals surface area contributed by atoms with Crippen LogP contribution < -0.4 is 20.1 Å². The van der Waals surface area contributed by atoms with E-state index < -0.39 is 9.85 Å². The first-order valence-electron chi connectivity index (χ1n) is 14.8. The van der Waals surface area contributed by atoms with E-state index in [2.05, 4.69) is 10.6 Å². The molecule has 46 heavy (non-hydrogen) atoms. The summed E-state index contributed by atoms with van der Waals surface area (Å²) in [5.41, 5.74) is 1.45. The van der Waals surface area contributed by atoms with Crippen LogP contribution in [-0.4, -0.2) is 21.7 Å². The van der Waals surface area contributed by atoms with Gasteiger partial charge in [0.15, 0.2) is 0 Å². The van der Waals surface area contributed by atoms with Crippen LogP contribution in [0.15, 0.2) is 97.1 Å². The van der Waals surface area contributed by atoms with Crippen LogP contribution >= 0.6 is 0 Å². The third-order valence-electron chi connectivity index (χ3n) is 6.36. The Kier molecular flexibility index (Phi) is 13.7. The number of nitrogens with zero attached hydrogens (tertiary/aromatic N) is 2. The highest BCUT2D eigenvalue weighted by Gasteiger charge is 2.08. The average molecular weight is 629 g/mol. The van der Waals surface area contributed by atoms with Crippen LogP contribution in [0.3, 0.4) is 0 Å². The Hall–Kier alpha value is -5.78. The number of anilines is 2. The van der Waals surface area contributed by atoms with Crippen molar-refractivity contribution in [1.29, 1.82) is 0 Å². The van der Waals surface area contributed by atoms with Gasteiger partial charge in [0.2, 0.25) is 11.8 Å². The van der Waals surface area contributed by atoms with E-state index in [1.807, 2.05) is 13.8 Å². The monoisotopic (exact) mass is 628 g/mol. The van der Waals surface area contributed by atoms with Gasteiger partial charge >= 0.3 is 0 Å². The lowest BCUT2D eigenvalue weighted by Gasteiger charge is -2.08. The minimum atomic E-state index is -0.459. The van der Waals surface area contributed by atoms with Crippen LogP contribution in [0.1, 0.15) is 52.4 Å². The molecule has 0 heterocycles. The number of nitro benzene ring substituents is 2. The third-order valence-corrected chi connectivity index (χ3v) is 6.36. The molecule has 12 heteroatoms. The molecule has 0 saturated carbocycles. The van der Waals surface area contributed by atoms with Crippen LogP contribution in [0.25, 0.3) is 0 Å². The van der Waals surface area contributed by atoms with E-state index in [1.54, 1.807) is 72.8 Å². The summed E-state index contributed by atoms with van der Waals surface area (Å²) in [6.07, 6.45) is 4.72. The van der Waals surface area contributed by atoms with Gasteiger partial charge < -0.3 is 20.1 Å². The normalized spacial score (nSPS) is 10.1. The molecular formula is C34H36N4O8. The van der Waals surface area contributed by atoms with Crippen LogP contribution in [0.5, 0.6) is 23.0 Å². The first-order valence-corrected chi connectivity index (χ1v) is 14.8. The predicted molar refractivity (Wildman–Crippen MR) is 176 cm³/mol. The maximum atomic E-state index is 11.6. The van der Waals surface area contributed by atoms with Crippen LogP contribution in [0, 0.1) is 20.2 Å². The van der Waals surface area contributed by atoms with Crippen LogP contribution in [0.4, 0.5) is 22.7 Å². The van der Waals surface area contributed by atoms with Gasteiger partial charge in [-0.2, -0.15) is 0 Å². The number of carbonyl (C=O) groups is 2. The Morgan fingerprint density at radius 1 is 0.543 bits per heavy atom. The molecular weight excluding hydrogens is 592 g/mol. The second kappa shape index (κ2) is 18.1. The number of amides is 2. The van der Waals surface area contributed by atoms with E-state index in [4.69, 9.17) is 9.47 Å². The van der Waals surface area contributed by atoms with Gasteiger partial charge in [-0.1, -0.05) is 26.7 Å². The van der Waals surface area contributed by atoms with Gasteiger partial charge in [-0.15, -0.1) is 0 Å². The van der Waals surface area contributed by atoms with Gasteiger partial charge in [-0.05, 0) is 85.6 Å². The van der Waals surface area contributed by atoms with E-state index >= 15 is 0 Å². The summed E-state index contributed by atoms with van der Waals surface area (Å²) in [5, 5.41) is 26.8. The SMILES string of the molecule is CCCCC(=O)Nc1ccc(Oc2ccc([N+](=O)[O-])cc2)cc1.CCCCC(=O)Nc1ccc(Oc2ccc([N+](=O)[O-])cc2)cc1. The largest absolute Gasteiger partial charge is 0.457 e. The number of nitro groups is 2. The molecule has 0 saturated heterocycles. The van der Waals surface area contributed by atoms with Gasteiger partial charge in [0.1, 0.15) is 23.0 Å². The van der Waals surface area contributed by atoms with Crippen molar-refractivity contribution in [3.63, 3.8) is 0 Å². The molecule has 12 nitrogen and oxygen atoms in total. The van der Waals surface area contributed by atoms with Crippen molar-refractivity contribution in [3.05, 3.63) is 117 Å². The molecule has 2 N–H and O–H groups in total. The van der Waals surface area contributed by atoms with E-state index in [0.717, 1.165) is 25.7 Å². The molecule has 0 aliphatic heterocycles. The summed E-state index contributed by atoms with van der Waals surface area (Å²) in [6.45, 7) is 4.08. The number of ether oxygens (including phenoxy) is 2. The number of hydrogen-bond donors (Lipinski definition) is 2. The van der Waals surface area contributed by atoms with Crippen molar-refractivity contribution in [2.45, 2.75) is 52.4 Å². The van der Waals surface area contributed by atoms with Gasteiger partial charge in [-0.25, -0.2) is 0 Å². The van der Waals surface area contributed by atoms with Gasteiger partial charge in [0.05, 0.1) is 9.85 Å². The van der Waals surface area contributed by atoms with Crippen molar-refractivity contribution in [3.8, 4) is 23.0 Å². The Morgan fingerprint density at radius 2 is 0.826 bits per heavy atom. The van der Waals surface area contributed by atoms with Gasteiger partial charge in [0, 0.05) is 48.5 Å². The molecule has 0 bridgehead atoms. The van der Waals surface area contributed by atoms with Gasteiger partial charge in [-0.3, -0.25) is 29.8 Å². The highest BCUT2D eigenvalue weighted by molar-refractivity contribution is 5.91. The predicted octanol–water partition coefficient (Wildman–Crippen LogP) is 9.03. The van der Waals surface area contributed by atoms with E-state index in [1.165, 1.54) is 24.3 Å². The van der Waals surface area contributed by atoms with Crippen molar-refractivity contribution in [1.82, 2.24) is 0 Å². The maximum absolute atomic E-state index is 11.6. The zero-order valence-electron chi connectivity index (χ0n) is 25.6. The molecule has 0 fully saturated rings. The third kappa shape index (κ3) is 12.1. The first-order chi connectivity index (χ1) is 22.2. The minimum Gasteiger partial charge on any atom is -0.457 e. The molecule has 0 radical (unpaired) electrons. The van der Waals surface area contributed by atoms with Crippen molar-refractivity contribution in [2.24, 2.45) is 0 Å². The minimum absolute atomic E-state index is 0.00381. The zero-order valence-corrected chi connectivity index (χ0v) is 25.6. The number of carbonyl (C=O) groups excluding carboxylic acids is 2. The zero-order chi connectivity index (χ0) is 33.3. The molecule has 0 aliphatic carbocycles. The number of rotatable bonds is 14. The summed E-state index contributed by atoms with van der Waals surface area (Å²) in [7, 11) is 0. The molecule has 240 valence electrons. The molecule has 4 rings (SSSR count). The lowest BCUT2D eigenvalue weighted by Crippen LogP contribution is -2.10. The second-order valence-corrected chi connectivity index (χ2v) is 10.1. The number of unbranched alkanes of at least 4 members (excludes halogenated alkanes) is 2. The lowest BCUT2D eigenvalue weighted by atomic mass is 10.2. The summed E-state index contributed by atoms with van der Waals surface area (Å²) < 4.78 is 11.2. The number of benzene rings is 4.